The van der Waals surface area contributed by atoms with Crippen molar-refractivity contribution < 1.29 is 4.74 Å². The van der Waals surface area contributed by atoms with Gasteiger partial charge in [0.25, 0.3) is 0 Å². The molecule has 3 aromatic carbocycles. The number of ether oxygens (including phenoxy) is 1. The second kappa shape index (κ2) is 8.42. The average molecular weight is 409 g/mol. The lowest BCUT2D eigenvalue weighted by molar-refractivity contribution is 0.310. The maximum atomic E-state index is 5.93. The molecule has 0 spiro atoms. The number of rotatable bonds is 5. The second-order valence-corrected chi connectivity index (χ2v) is 9.73. The Morgan fingerprint density at radius 1 is 0.800 bits per heavy atom. The van der Waals surface area contributed by atoms with Crippen molar-refractivity contribution in [2.75, 3.05) is 0 Å². The van der Waals surface area contributed by atoms with Crippen LogP contribution in [-0.4, -0.2) is 11.9 Å². The quantitative estimate of drug-likeness (QED) is 0.496. The monoisotopic (exact) mass is 409 g/mol. The molecule has 148 valence electrons. The van der Waals surface area contributed by atoms with Crippen molar-refractivity contribution in [2.24, 2.45) is 4.99 Å². The van der Waals surface area contributed by atoms with Crippen LogP contribution >= 0.6 is 7.92 Å². The Balaban J connectivity index is 1.50. The van der Waals surface area contributed by atoms with Gasteiger partial charge in [0.1, 0.15) is 6.61 Å². The summed E-state index contributed by atoms with van der Waals surface area (Å²) in [4.78, 5) is 5.01. The smallest absolute Gasteiger partial charge is 0.217 e. The lowest BCUT2D eigenvalue weighted by atomic mass is 10.1. The summed E-state index contributed by atoms with van der Waals surface area (Å²) < 4.78 is 5.93. The SMILES string of the molecule is C[C@@H](N=C1OCc2ccccc21)C1=CCC=C1P(c1ccccc1)c1ccccc1. The number of aliphatic imine (C=N–C) groups is 1. The zero-order chi connectivity index (χ0) is 20.3. The fourth-order valence-electron chi connectivity index (χ4n) is 4.14. The van der Waals surface area contributed by atoms with Crippen molar-refractivity contribution in [3.63, 3.8) is 0 Å². The van der Waals surface area contributed by atoms with Crippen LogP contribution in [0.15, 0.2) is 113 Å². The first kappa shape index (κ1) is 19.0. The third-order valence-electron chi connectivity index (χ3n) is 5.59. The molecule has 0 saturated carbocycles. The van der Waals surface area contributed by atoms with Gasteiger partial charge in [0.05, 0.1) is 6.04 Å². The third-order valence-corrected chi connectivity index (χ3v) is 8.14. The van der Waals surface area contributed by atoms with Gasteiger partial charge >= 0.3 is 0 Å². The van der Waals surface area contributed by atoms with Crippen molar-refractivity contribution in [3.05, 3.63) is 119 Å². The van der Waals surface area contributed by atoms with Crippen LogP contribution in [0.1, 0.15) is 24.5 Å². The molecule has 0 N–H and O–H groups in total. The van der Waals surface area contributed by atoms with Crippen LogP contribution in [0.4, 0.5) is 0 Å². The number of hydrogen-bond donors (Lipinski definition) is 0. The zero-order valence-corrected chi connectivity index (χ0v) is 17.9. The molecule has 30 heavy (non-hydrogen) atoms. The molecule has 2 aliphatic rings. The Labute approximate surface area is 179 Å². The second-order valence-electron chi connectivity index (χ2n) is 7.55. The van der Waals surface area contributed by atoms with Crippen LogP contribution in [0.3, 0.4) is 0 Å². The lowest BCUT2D eigenvalue weighted by Crippen LogP contribution is -2.16. The van der Waals surface area contributed by atoms with E-state index in [0.29, 0.717) is 6.61 Å². The third kappa shape index (κ3) is 3.64. The van der Waals surface area contributed by atoms with Crippen molar-refractivity contribution in [1.29, 1.82) is 0 Å². The minimum Gasteiger partial charge on any atom is -0.473 e. The van der Waals surface area contributed by atoms with Crippen LogP contribution in [0.2, 0.25) is 0 Å². The van der Waals surface area contributed by atoms with Crippen LogP contribution < -0.4 is 10.6 Å². The molecule has 3 aromatic rings. The van der Waals surface area contributed by atoms with E-state index < -0.39 is 7.92 Å². The summed E-state index contributed by atoms with van der Waals surface area (Å²) in [5, 5.41) is 4.17. The van der Waals surface area contributed by atoms with Gasteiger partial charge in [-0.1, -0.05) is 91.0 Å². The van der Waals surface area contributed by atoms with Gasteiger partial charge in [0.15, 0.2) is 0 Å². The van der Waals surface area contributed by atoms with Gasteiger partial charge in [-0.25, -0.2) is 4.99 Å². The molecule has 1 aliphatic heterocycles. The van der Waals surface area contributed by atoms with E-state index in [-0.39, 0.29) is 6.04 Å². The van der Waals surface area contributed by atoms with E-state index >= 15 is 0 Å². The van der Waals surface area contributed by atoms with Crippen molar-refractivity contribution in [1.82, 2.24) is 0 Å². The molecular formula is C27H24NOP. The molecule has 0 saturated heterocycles. The molecule has 0 amide bonds. The van der Waals surface area contributed by atoms with Gasteiger partial charge in [-0.3, -0.25) is 0 Å². The molecular weight excluding hydrogens is 385 g/mol. The molecule has 1 aliphatic carbocycles. The molecule has 0 fully saturated rings. The van der Waals surface area contributed by atoms with E-state index in [2.05, 4.69) is 104 Å². The highest BCUT2D eigenvalue weighted by molar-refractivity contribution is 7.77. The van der Waals surface area contributed by atoms with Gasteiger partial charge < -0.3 is 4.74 Å². The number of fused-ring (bicyclic) bond motifs is 1. The van der Waals surface area contributed by atoms with Crippen LogP contribution in [0, 0.1) is 0 Å². The van der Waals surface area contributed by atoms with E-state index in [1.165, 1.54) is 27.1 Å². The molecule has 0 aromatic heterocycles. The number of nitrogens with zero attached hydrogens (tertiary/aromatic N) is 1. The summed E-state index contributed by atoms with van der Waals surface area (Å²) in [5.41, 5.74) is 3.67. The molecule has 1 atom stereocenters. The normalized spacial score (nSPS) is 17.5. The highest BCUT2D eigenvalue weighted by Gasteiger charge is 2.27. The summed E-state index contributed by atoms with van der Waals surface area (Å²) >= 11 is 0. The lowest BCUT2D eigenvalue weighted by Gasteiger charge is -2.24. The first-order valence-corrected chi connectivity index (χ1v) is 11.7. The maximum Gasteiger partial charge on any atom is 0.217 e. The maximum absolute atomic E-state index is 5.93. The van der Waals surface area contributed by atoms with Crippen molar-refractivity contribution in [2.45, 2.75) is 26.0 Å². The molecule has 3 heteroatoms. The first-order chi connectivity index (χ1) is 14.8. The van der Waals surface area contributed by atoms with Crippen molar-refractivity contribution >= 4 is 24.4 Å². The molecule has 0 bridgehead atoms. The zero-order valence-electron chi connectivity index (χ0n) is 17.0. The van der Waals surface area contributed by atoms with Crippen LogP contribution in [-0.2, 0) is 11.3 Å². The van der Waals surface area contributed by atoms with E-state index in [9.17, 15) is 0 Å². The fraction of sp³-hybridized carbons (Fsp3) is 0.148. The Morgan fingerprint density at radius 3 is 2.13 bits per heavy atom. The average Bonchev–Trinajstić information content (AvgIpc) is 3.43. The van der Waals surface area contributed by atoms with Gasteiger partial charge in [0, 0.05) is 11.1 Å². The Bertz CT molecular complexity index is 1090. The predicted molar refractivity (Wildman–Crippen MR) is 127 cm³/mol. The summed E-state index contributed by atoms with van der Waals surface area (Å²) in [6.45, 7) is 2.80. The Hall–Kier alpha value is -2.96. The van der Waals surface area contributed by atoms with E-state index in [0.717, 1.165) is 17.9 Å². The number of allylic oxidation sites excluding steroid dienone is 2. The Morgan fingerprint density at radius 2 is 1.43 bits per heavy atom. The largest absolute Gasteiger partial charge is 0.473 e. The highest BCUT2D eigenvalue weighted by Crippen LogP contribution is 2.50. The number of hydrogen-bond acceptors (Lipinski definition) is 2. The van der Waals surface area contributed by atoms with Crippen molar-refractivity contribution in [3.8, 4) is 0 Å². The van der Waals surface area contributed by atoms with Crippen LogP contribution in [0.5, 0.6) is 0 Å². The summed E-state index contributed by atoms with van der Waals surface area (Å²) in [7, 11) is -0.612. The van der Waals surface area contributed by atoms with E-state index in [4.69, 9.17) is 9.73 Å². The van der Waals surface area contributed by atoms with Gasteiger partial charge in [0.2, 0.25) is 5.90 Å². The molecule has 1 heterocycles. The van der Waals surface area contributed by atoms with E-state index in [1.807, 2.05) is 0 Å². The Kier molecular flexibility index (Phi) is 5.34. The standard InChI is InChI=1S/C27H24NOP/c1-20(28-27-25-16-9-8-11-21(25)19-29-27)24-17-10-18-26(24)30(22-12-4-2-5-13-22)23-14-6-3-7-15-23/h2-9,11-18,20H,10,19H2,1H3/t20-/m1/s1. The summed E-state index contributed by atoms with van der Waals surface area (Å²) in [5.74, 6) is 0.772. The van der Waals surface area contributed by atoms with Gasteiger partial charge in [-0.05, 0) is 48.8 Å². The molecule has 5 rings (SSSR count). The number of benzene rings is 3. The predicted octanol–water partition coefficient (Wildman–Crippen LogP) is 5.70. The first-order valence-electron chi connectivity index (χ1n) is 10.4. The van der Waals surface area contributed by atoms with Crippen LogP contribution in [0.25, 0.3) is 0 Å². The minimum atomic E-state index is -0.612. The summed E-state index contributed by atoms with van der Waals surface area (Å²) in [6.07, 6.45) is 5.70. The summed E-state index contributed by atoms with van der Waals surface area (Å²) in [6, 6.07) is 30.1. The molecule has 0 radical (unpaired) electrons. The minimum absolute atomic E-state index is 0.0531. The topological polar surface area (TPSA) is 21.6 Å². The fourth-order valence-corrected chi connectivity index (χ4v) is 6.76. The van der Waals surface area contributed by atoms with E-state index in [1.54, 1.807) is 0 Å². The van der Waals surface area contributed by atoms with Gasteiger partial charge in [-0.2, -0.15) is 0 Å². The molecule has 0 unspecified atom stereocenters. The van der Waals surface area contributed by atoms with Gasteiger partial charge in [-0.15, -0.1) is 0 Å². The highest BCUT2D eigenvalue weighted by atomic mass is 31.1. The molecule has 2 nitrogen and oxygen atoms in total.